The molecule has 0 aliphatic carbocycles. The number of aryl methyl sites for hydroxylation is 1. The van der Waals surface area contributed by atoms with Gasteiger partial charge in [-0.15, -0.1) is 0 Å². The fourth-order valence-corrected chi connectivity index (χ4v) is 5.03. The van der Waals surface area contributed by atoms with Gasteiger partial charge in [0.2, 0.25) is 0 Å². The number of rotatable bonds is 6. The van der Waals surface area contributed by atoms with Crippen LogP contribution in [-0.4, -0.2) is 23.4 Å². The number of pyridine rings is 1. The van der Waals surface area contributed by atoms with Crippen molar-refractivity contribution in [3.05, 3.63) is 97.0 Å². The van der Waals surface area contributed by atoms with Crippen LogP contribution in [0.1, 0.15) is 5.56 Å². The van der Waals surface area contributed by atoms with Gasteiger partial charge in [-0.2, -0.15) is 0 Å². The monoisotopic (exact) mass is 482 g/mol. The second-order valence-electron chi connectivity index (χ2n) is 8.01. The van der Waals surface area contributed by atoms with Gasteiger partial charge in [-0.25, -0.2) is 18.4 Å². The number of nitrogen functional groups attached to an aromatic ring is 1. The molecule has 0 fully saturated rings. The third-order valence-electron chi connectivity index (χ3n) is 5.49. The molecule has 0 saturated heterocycles. The zero-order valence-corrected chi connectivity index (χ0v) is 19.6. The first kappa shape index (κ1) is 22.3. The molecule has 5 aromatic rings. The number of para-hydroxylation sites is 1. The van der Waals surface area contributed by atoms with Crippen molar-refractivity contribution in [2.45, 2.75) is 11.8 Å². The Kier molecular flexibility index (Phi) is 5.76. The highest BCUT2D eigenvalue weighted by Gasteiger charge is 2.19. The molecule has 9 heteroatoms. The predicted molar refractivity (Wildman–Crippen MR) is 139 cm³/mol. The minimum absolute atomic E-state index is 0.121. The van der Waals surface area contributed by atoms with Crippen LogP contribution in [0.4, 0.5) is 22.9 Å². The van der Waals surface area contributed by atoms with E-state index in [1.54, 1.807) is 36.5 Å². The Morgan fingerprint density at radius 2 is 1.69 bits per heavy atom. The maximum Gasteiger partial charge on any atom is 0.264 e. The lowest BCUT2D eigenvalue weighted by molar-refractivity contribution is 0.602. The van der Waals surface area contributed by atoms with Gasteiger partial charge >= 0.3 is 0 Å². The molecule has 5 rings (SSSR count). The number of fused-ring (bicyclic) bond motifs is 1. The van der Waals surface area contributed by atoms with Crippen molar-refractivity contribution >= 4 is 43.8 Å². The van der Waals surface area contributed by atoms with Crippen molar-refractivity contribution in [3.8, 4) is 11.3 Å². The summed E-state index contributed by atoms with van der Waals surface area (Å²) >= 11 is 0. The van der Waals surface area contributed by atoms with Gasteiger partial charge in [-0.1, -0.05) is 36.4 Å². The molecule has 0 aliphatic heterocycles. The lowest BCUT2D eigenvalue weighted by Crippen LogP contribution is -2.14. The predicted octanol–water partition coefficient (Wildman–Crippen LogP) is 5.13. The minimum atomic E-state index is -3.88. The number of hydrogen-bond donors (Lipinski definition) is 3. The van der Waals surface area contributed by atoms with Gasteiger partial charge in [0.1, 0.15) is 17.0 Å². The molecule has 4 N–H and O–H groups in total. The molecule has 8 nitrogen and oxygen atoms in total. The Morgan fingerprint density at radius 3 is 2.54 bits per heavy atom. The fraction of sp³-hybridized carbons (Fsp3) is 0.0385. The zero-order chi connectivity index (χ0) is 24.4. The van der Waals surface area contributed by atoms with Crippen molar-refractivity contribution in [1.29, 1.82) is 0 Å². The Balaban J connectivity index is 1.43. The Hall–Kier alpha value is -4.50. The molecule has 0 spiro atoms. The molecular weight excluding hydrogens is 460 g/mol. The van der Waals surface area contributed by atoms with E-state index in [2.05, 4.69) is 25.0 Å². The largest absolute Gasteiger partial charge is 0.399 e. The van der Waals surface area contributed by atoms with Crippen molar-refractivity contribution in [2.24, 2.45) is 0 Å². The van der Waals surface area contributed by atoms with Crippen LogP contribution in [0.5, 0.6) is 0 Å². The molecule has 0 unspecified atom stereocenters. The third-order valence-corrected chi connectivity index (χ3v) is 6.89. The lowest BCUT2D eigenvalue weighted by atomic mass is 10.1. The number of hydrogen-bond acceptors (Lipinski definition) is 7. The molecule has 35 heavy (non-hydrogen) atoms. The van der Waals surface area contributed by atoms with E-state index < -0.39 is 10.0 Å². The van der Waals surface area contributed by atoms with E-state index in [1.807, 2.05) is 55.5 Å². The molecule has 0 radical (unpaired) electrons. The van der Waals surface area contributed by atoms with Crippen LogP contribution >= 0.6 is 0 Å². The molecule has 0 aliphatic rings. The van der Waals surface area contributed by atoms with Crippen LogP contribution in [-0.2, 0) is 10.0 Å². The van der Waals surface area contributed by atoms with Gasteiger partial charge in [0, 0.05) is 34.6 Å². The second-order valence-corrected chi connectivity index (χ2v) is 9.66. The standard InChI is InChI=1S/C26H22N6O2S/c1-17-10-11-21(31-25-15-23(29-16-30-25)19-6-2-8-20(27)13-19)14-22(17)32-35(33,34)24-9-3-5-18-7-4-12-28-26(18)24/h2-16,32H,27H2,1H3,(H,29,30,31). The number of nitrogens with two attached hydrogens (primary N) is 1. The summed E-state index contributed by atoms with van der Waals surface area (Å²) in [5.74, 6) is 0.563. The van der Waals surface area contributed by atoms with Crippen molar-refractivity contribution in [3.63, 3.8) is 0 Å². The molecule has 0 saturated carbocycles. The fourth-order valence-electron chi connectivity index (χ4n) is 3.73. The average molecular weight is 483 g/mol. The van der Waals surface area contributed by atoms with Gasteiger partial charge < -0.3 is 11.1 Å². The number of aromatic nitrogens is 3. The van der Waals surface area contributed by atoms with Gasteiger partial charge in [0.05, 0.1) is 16.9 Å². The minimum Gasteiger partial charge on any atom is -0.399 e. The molecule has 2 aromatic heterocycles. The highest BCUT2D eigenvalue weighted by molar-refractivity contribution is 7.93. The maximum atomic E-state index is 13.3. The van der Waals surface area contributed by atoms with Gasteiger partial charge in [0.15, 0.2) is 0 Å². The van der Waals surface area contributed by atoms with E-state index in [-0.39, 0.29) is 4.90 Å². The topological polar surface area (TPSA) is 123 Å². The Bertz CT molecular complexity index is 1650. The summed E-state index contributed by atoms with van der Waals surface area (Å²) in [6.45, 7) is 1.84. The van der Waals surface area contributed by atoms with E-state index in [1.165, 1.54) is 6.33 Å². The molecule has 2 heterocycles. The van der Waals surface area contributed by atoms with E-state index in [9.17, 15) is 8.42 Å². The van der Waals surface area contributed by atoms with E-state index in [0.717, 1.165) is 16.5 Å². The number of nitrogens with zero attached hydrogens (tertiary/aromatic N) is 3. The summed E-state index contributed by atoms with van der Waals surface area (Å²) in [6.07, 6.45) is 3.04. The first-order valence-electron chi connectivity index (χ1n) is 10.8. The number of benzene rings is 3. The number of nitrogens with one attached hydrogen (secondary N) is 2. The van der Waals surface area contributed by atoms with Crippen LogP contribution in [0, 0.1) is 6.92 Å². The summed E-state index contributed by atoms with van der Waals surface area (Å²) in [5, 5.41) is 3.97. The van der Waals surface area contributed by atoms with Crippen LogP contribution in [0.2, 0.25) is 0 Å². The normalized spacial score (nSPS) is 11.3. The molecule has 0 atom stereocenters. The summed E-state index contributed by atoms with van der Waals surface area (Å²) in [6, 6.07) is 23.4. The van der Waals surface area contributed by atoms with Crippen LogP contribution in [0.3, 0.4) is 0 Å². The number of sulfonamides is 1. The zero-order valence-electron chi connectivity index (χ0n) is 18.8. The second kappa shape index (κ2) is 9.03. The smallest absolute Gasteiger partial charge is 0.264 e. The van der Waals surface area contributed by atoms with E-state index in [4.69, 9.17) is 5.73 Å². The number of anilines is 4. The van der Waals surface area contributed by atoms with Crippen molar-refractivity contribution in [1.82, 2.24) is 15.0 Å². The quantitative estimate of drug-likeness (QED) is 0.287. The Morgan fingerprint density at radius 1 is 0.857 bits per heavy atom. The third kappa shape index (κ3) is 4.75. The first-order valence-corrected chi connectivity index (χ1v) is 12.3. The van der Waals surface area contributed by atoms with Crippen LogP contribution in [0.25, 0.3) is 22.2 Å². The summed E-state index contributed by atoms with van der Waals surface area (Å²) in [4.78, 5) is 13.0. The summed E-state index contributed by atoms with van der Waals surface area (Å²) in [7, 11) is -3.88. The van der Waals surface area contributed by atoms with Crippen LogP contribution < -0.4 is 15.8 Å². The van der Waals surface area contributed by atoms with Gasteiger partial charge in [0.25, 0.3) is 10.0 Å². The average Bonchev–Trinajstić information content (AvgIpc) is 2.86. The maximum absolute atomic E-state index is 13.3. The molecule has 0 bridgehead atoms. The molecule has 174 valence electrons. The molecule has 3 aromatic carbocycles. The Labute approximate surface area is 203 Å². The SMILES string of the molecule is Cc1ccc(Nc2cc(-c3cccc(N)c3)ncn2)cc1NS(=O)(=O)c1cccc2cccnc12. The lowest BCUT2D eigenvalue weighted by Gasteiger charge is -2.14. The first-order chi connectivity index (χ1) is 16.9. The van der Waals surface area contributed by atoms with Gasteiger partial charge in [-0.3, -0.25) is 9.71 Å². The highest BCUT2D eigenvalue weighted by Crippen LogP contribution is 2.28. The highest BCUT2D eigenvalue weighted by atomic mass is 32.2. The van der Waals surface area contributed by atoms with Crippen molar-refractivity contribution < 1.29 is 8.42 Å². The van der Waals surface area contributed by atoms with Gasteiger partial charge in [-0.05, 0) is 48.9 Å². The van der Waals surface area contributed by atoms with Crippen LogP contribution in [0.15, 0.2) is 96.3 Å². The van der Waals surface area contributed by atoms with Crippen molar-refractivity contribution in [2.75, 3.05) is 15.8 Å². The molecule has 0 amide bonds. The van der Waals surface area contributed by atoms with E-state index in [0.29, 0.717) is 34.1 Å². The molecular formula is C26H22N6O2S. The summed E-state index contributed by atoms with van der Waals surface area (Å²) in [5.41, 5.74) is 10.4. The van der Waals surface area contributed by atoms with E-state index >= 15 is 0 Å². The summed E-state index contributed by atoms with van der Waals surface area (Å²) < 4.78 is 29.2.